The number of carbonyl (C=O) groups excluding carboxylic acids is 1. The molecule has 1 aromatic heterocycles. The van der Waals surface area contributed by atoms with Crippen LogP contribution in [0.3, 0.4) is 0 Å². The van der Waals surface area contributed by atoms with Gasteiger partial charge in [-0.2, -0.15) is 0 Å². The van der Waals surface area contributed by atoms with Crippen molar-refractivity contribution in [2.24, 2.45) is 0 Å². The van der Waals surface area contributed by atoms with E-state index >= 15 is 0 Å². The van der Waals surface area contributed by atoms with Crippen molar-refractivity contribution < 1.29 is 13.2 Å². The van der Waals surface area contributed by atoms with E-state index in [1.54, 1.807) is 47.7 Å². The summed E-state index contributed by atoms with van der Waals surface area (Å²) < 4.78 is 27.7. The summed E-state index contributed by atoms with van der Waals surface area (Å²) in [7, 11) is -3.71. The average molecular weight is 456 g/mol. The second-order valence-corrected chi connectivity index (χ2v) is 10.1. The Balaban J connectivity index is 1.41. The molecule has 3 aromatic rings. The van der Waals surface area contributed by atoms with E-state index in [4.69, 9.17) is 0 Å². The summed E-state index contributed by atoms with van der Waals surface area (Å²) in [5, 5.41) is 5.08. The van der Waals surface area contributed by atoms with Crippen LogP contribution in [0.2, 0.25) is 0 Å². The second kappa shape index (κ2) is 9.64. The van der Waals surface area contributed by atoms with Crippen LogP contribution < -0.4 is 10.0 Å². The molecule has 2 aromatic carbocycles. The lowest BCUT2D eigenvalue weighted by Gasteiger charge is -2.27. The van der Waals surface area contributed by atoms with Crippen molar-refractivity contribution in [2.75, 3.05) is 24.4 Å². The van der Waals surface area contributed by atoms with Gasteiger partial charge in [0.25, 0.3) is 15.9 Å². The minimum Gasteiger partial charge on any atom is -0.350 e. The van der Waals surface area contributed by atoms with E-state index in [2.05, 4.69) is 26.4 Å². The molecule has 31 heavy (non-hydrogen) atoms. The maximum absolute atomic E-state index is 12.7. The zero-order chi connectivity index (χ0) is 21.7. The Morgan fingerprint density at radius 1 is 0.968 bits per heavy atom. The standard InChI is InChI=1S/C23H25N3O3S2/c27-23(24-17-21(22-9-6-16-30-22)26-14-4-5-15-26)18-10-12-20(13-11-18)31(28,29)25-19-7-2-1-3-8-19/h1-3,6-13,16,21,25H,4-5,14-15,17H2,(H,24,27)/t21-/m1/s1. The van der Waals surface area contributed by atoms with Gasteiger partial charge in [-0.05, 0) is 73.8 Å². The number of anilines is 1. The Labute approximate surface area is 187 Å². The van der Waals surface area contributed by atoms with Gasteiger partial charge < -0.3 is 5.32 Å². The van der Waals surface area contributed by atoms with Crippen LogP contribution in [0.4, 0.5) is 5.69 Å². The number of para-hydroxylation sites is 1. The number of benzene rings is 2. The fourth-order valence-electron chi connectivity index (χ4n) is 3.74. The maximum atomic E-state index is 12.7. The van der Waals surface area contributed by atoms with Gasteiger partial charge in [-0.1, -0.05) is 24.3 Å². The molecule has 8 heteroatoms. The van der Waals surface area contributed by atoms with E-state index in [0.29, 0.717) is 17.8 Å². The summed E-state index contributed by atoms with van der Waals surface area (Å²) in [6.07, 6.45) is 2.37. The SMILES string of the molecule is O=C(NC[C@H](c1cccs1)N1CCCC1)c1ccc(S(=O)(=O)Nc2ccccc2)cc1. The fraction of sp³-hybridized carbons (Fsp3) is 0.261. The van der Waals surface area contributed by atoms with Crippen LogP contribution in [-0.4, -0.2) is 38.9 Å². The number of nitrogens with one attached hydrogen (secondary N) is 2. The Morgan fingerprint density at radius 3 is 2.32 bits per heavy atom. The molecule has 0 spiro atoms. The zero-order valence-electron chi connectivity index (χ0n) is 17.0. The highest BCUT2D eigenvalue weighted by atomic mass is 32.2. The first-order valence-electron chi connectivity index (χ1n) is 10.3. The predicted molar refractivity (Wildman–Crippen MR) is 124 cm³/mol. The largest absolute Gasteiger partial charge is 0.350 e. The lowest BCUT2D eigenvalue weighted by Crippen LogP contribution is -2.36. The number of rotatable bonds is 8. The van der Waals surface area contributed by atoms with Crippen LogP contribution in [0.5, 0.6) is 0 Å². The molecule has 0 bridgehead atoms. The number of carbonyl (C=O) groups is 1. The second-order valence-electron chi connectivity index (χ2n) is 7.48. The molecular formula is C23H25N3O3S2. The van der Waals surface area contributed by atoms with Crippen LogP contribution in [0.25, 0.3) is 0 Å². The number of amides is 1. The highest BCUT2D eigenvalue weighted by Gasteiger charge is 2.25. The average Bonchev–Trinajstić information content (AvgIpc) is 3.49. The topological polar surface area (TPSA) is 78.5 Å². The predicted octanol–water partition coefficient (Wildman–Crippen LogP) is 4.12. The number of nitrogens with zero attached hydrogens (tertiary/aromatic N) is 1. The van der Waals surface area contributed by atoms with E-state index < -0.39 is 10.0 Å². The van der Waals surface area contributed by atoms with Crippen LogP contribution in [0.15, 0.2) is 77.0 Å². The van der Waals surface area contributed by atoms with Gasteiger partial charge >= 0.3 is 0 Å². The van der Waals surface area contributed by atoms with Crippen molar-refractivity contribution in [2.45, 2.75) is 23.8 Å². The number of thiophene rings is 1. The summed E-state index contributed by atoms with van der Waals surface area (Å²) in [6, 6.07) is 19.0. The molecule has 2 N–H and O–H groups in total. The van der Waals surface area contributed by atoms with E-state index in [0.717, 1.165) is 13.1 Å². The lowest BCUT2D eigenvalue weighted by molar-refractivity contribution is 0.0938. The zero-order valence-corrected chi connectivity index (χ0v) is 18.7. The normalized spacial score (nSPS) is 15.5. The monoisotopic (exact) mass is 455 g/mol. The minimum absolute atomic E-state index is 0.112. The molecule has 1 saturated heterocycles. The molecule has 0 saturated carbocycles. The highest BCUT2D eigenvalue weighted by molar-refractivity contribution is 7.92. The quantitative estimate of drug-likeness (QED) is 0.536. The summed E-state index contributed by atoms with van der Waals surface area (Å²) in [4.78, 5) is 16.5. The van der Waals surface area contributed by atoms with Crippen LogP contribution in [-0.2, 0) is 10.0 Å². The number of sulfonamides is 1. The van der Waals surface area contributed by atoms with Crippen molar-refractivity contribution in [1.29, 1.82) is 0 Å². The molecule has 2 heterocycles. The van der Waals surface area contributed by atoms with Crippen molar-refractivity contribution in [3.05, 3.63) is 82.6 Å². The first-order valence-corrected chi connectivity index (χ1v) is 12.6. The van der Waals surface area contributed by atoms with Crippen molar-refractivity contribution in [3.8, 4) is 0 Å². The first-order chi connectivity index (χ1) is 15.0. The number of hydrogen-bond acceptors (Lipinski definition) is 5. The Kier molecular flexibility index (Phi) is 6.70. The third kappa shape index (κ3) is 5.33. The molecule has 0 radical (unpaired) electrons. The van der Waals surface area contributed by atoms with Crippen molar-refractivity contribution in [1.82, 2.24) is 10.2 Å². The third-order valence-electron chi connectivity index (χ3n) is 5.36. The van der Waals surface area contributed by atoms with Gasteiger partial charge in [-0.25, -0.2) is 8.42 Å². The summed E-state index contributed by atoms with van der Waals surface area (Å²) in [5.74, 6) is -0.208. The summed E-state index contributed by atoms with van der Waals surface area (Å²) in [5.41, 5.74) is 0.927. The van der Waals surface area contributed by atoms with E-state index in [1.165, 1.54) is 29.9 Å². The third-order valence-corrected chi connectivity index (χ3v) is 7.73. The molecule has 1 atom stereocenters. The molecule has 1 amide bonds. The molecule has 4 rings (SSSR count). The van der Waals surface area contributed by atoms with Crippen LogP contribution >= 0.6 is 11.3 Å². The van der Waals surface area contributed by atoms with Crippen LogP contribution in [0, 0.1) is 0 Å². The Morgan fingerprint density at radius 2 is 1.68 bits per heavy atom. The summed E-state index contributed by atoms with van der Waals surface area (Å²) >= 11 is 1.70. The Bertz CT molecular complexity index is 1090. The lowest BCUT2D eigenvalue weighted by atomic mass is 10.2. The molecule has 6 nitrogen and oxygen atoms in total. The Hall–Kier alpha value is -2.68. The first kappa shape index (κ1) is 21.5. The fourth-order valence-corrected chi connectivity index (χ4v) is 5.66. The number of likely N-dealkylation sites (tertiary alicyclic amines) is 1. The van der Waals surface area contributed by atoms with Gasteiger partial charge in [0, 0.05) is 22.7 Å². The molecule has 0 unspecified atom stereocenters. The van der Waals surface area contributed by atoms with Gasteiger partial charge in [0.1, 0.15) is 0 Å². The molecule has 0 aliphatic carbocycles. The minimum atomic E-state index is -3.71. The van der Waals surface area contributed by atoms with Gasteiger partial charge in [0.2, 0.25) is 0 Å². The highest BCUT2D eigenvalue weighted by Crippen LogP contribution is 2.28. The van der Waals surface area contributed by atoms with Crippen molar-refractivity contribution in [3.63, 3.8) is 0 Å². The number of hydrogen-bond donors (Lipinski definition) is 2. The van der Waals surface area contributed by atoms with Gasteiger partial charge in [0.05, 0.1) is 10.9 Å². The van der Waals surface area contributed by atoms with E-state index in [-0.39, 0.29) is 16.8 Å². The molecule has 1 aliphatic rings. The molecular weight excluding hydrogens is 430 g/mol. The van der Waals surface area contributed by atoms with Crippen molar-refractivity contribution >= 4 is 33.0 Å². The van der Waals surface area contributed by atoms with Gasteiger partial charge in [-0.15, -0.1) is 11.3 Å². The maximum Gasteiger partial charge on any atom is 0.261 e. The van der Waals surface area contributed by atoms with Gasteiger partial charge in [-0.3, -0.25) is 14.4 Å². The molecule has 1 fully saturated rings. The molecule has 162 valence electrons. The van der Waals surface area contributed by atoms with Crippen LogP contribution in [0.1, 0.15) is 34.1 Å². The van der Waals surface area contributed by atoms with E-state index in [1.807, 2.05) is 12.1 Å². The van der Waals surface area contributed by atoms with Gasteiger partial charge in [0.15, 0.2) is 0 Å². The summed E-state index contributed by atoms with van der Waals surface area (Å²) in [6.45, 7) is 2.60. The smallest absolute Gasteiger partial charge is 0.261 e. The van der Waals surface area contributed by atoms with E-state index in [9.17, 15) is 13.2 Å². The molecule has 1 aliphatic heterocycles.